The minimum atomic E-state index is -0.827. The Morgan fingerprint density at radius 2 is 2.00 bits per heavy atom. The minimum absolute atomic E-state index is 0.0692. The summed E-state index contributed by atoms with van der Waals surface area (Å²) in [6.07, 6.45) is 7.51. The second kappa shape index (κ2) is 6.30. The van der Waals surface area contributed by atoms with E-state index in [9.17, 15) is 9.90 Å². The third-order valence-corrected chi connectivity index (χ3v) is 6.25. The van der Waals surface area contributed by atoms with Gasteiger partial charge in [-0.05, 0) is 71.6 Å². The summed E-state index contributed by atoms with van der Waals surface area (Å²) in [4.78, 5) is 12.4. The highest BCUT2D eigenvalue weighted by molar-refractivity contribution is 5.89. The van der Waals surface area contributed by atoms with Crippen molar-refractivity contribution in [1.29, 1.82) is 0 Å². The van der Waals surface area contributed by atoms with Crippen LogP contribution in [0.25, 0.3) is 0 Å². The number of fused-ring (bicyclic) bond motifs is 4. The highest BCUT2D eigenvalue weighted by Crippen LogP contribution is 2.47. The fraction of sp³-hybridized carbons (Fsp3) is 0.750. The average molecular weight is 334 g/mol. The molecule has 1 N–H and O–H groups in total. The van der Waals surface area contributed by atoms with E-state index in [4.69, 9.17) is 9.47 Å². The number of carbonyl (C=O) groups excluding carboxylic acids is 1. The van der Waals surface area contributed by atoms with Gasteiger partial charge in [0.2, 0.25) is 0 Å². The molecule has 2 bridgehead atoms. The standard InChI is InChI=1S/C20H30O4/c1-13-6-5-10-20(4)17(23-20)12-15-9-11-19(3,16(21)8-7-13)24-18(22)14(15)2/h6,15-17,21H,2,5,7-12H2,1,3-4H3/b13-6+/t15-,16-,17-,19+,20-/m0/s1. The van der Waals surface area contributed by atoms with Gasteiger partial charge in [0.25, 0.3) is 0 Å². The maximum absolute atomic E-state index is 12.4. The summed E-state index contributed by atoms with van der Waals surface area (Å²) in [5.74, 6) is -0.276. The van der Waals surface area contributed by atoms with Crippen molar-refractivity contribution >= 4 is 5.97 Å². The molecule has 5 atom stereocenters. The molecule has 2 fully saturated rings. The third kappa shape index (κ3) is 3.45. The number of rotatable bonds is 0. The first kappa shape index (κ1) is 17.7. The Bertz CT molecular complexity index is 566. The smallest absolute Gasteiger partial charge is 0.334 e. The Labute approximate surface area is 144 Å². The lowest BCUT2D eigenvalue weighted by Crippen LogP contribution is -2.43. The van der Waals surface area contributed by atoms with E-state index in [1.54, 1.807) is 0 Å². The molecule has 0 amide bonds. The highest BCUT2D eigenvalue weighted by atomic mass is 16.6. The lowest BCUT2D eigenvalue weighted by atomic mass is 9.82. The van der Waals surface area contributed by atoms with Gasteiger partial charge in [-0.25, -0.2) is 4.79 Å². The zero-order chi connectivity index (χ0) is 17.5. The monoisotopic (exact) mass is 334 g/mol. The number of epoxide rings is 1. The maximum atomic E-state index is 12.4. The first-order chi connectivity index (χ1) is 11.2. The molecule has 0 aromatic rings. The number of aliphatic hydroxyl groups is 1. The summed E-state index contributed by atoms with van der Waals surface area (Å²) in [5.41, 5.74) is 0.915. The maximum Gasteiger partial charge on any atom is 0.334 e. The molecule has 3 aliphatic rings. The van der Waals surface area contributed by atoms with Crippen LogP contribution < -0.4 is 0 Å². The largest absolute Gasteiger partial charge is 0.453 e. The van der Waals surface area contributed by atoms with Crippen molar-refractivity contribution in [3.63, 3.8) is 0 Å². The molecule has 0 saturated carbocycles. The molecule has 2 aliphatic heterocycles. The normalized spacial score (nSPS) is 46.2. The Morgan fingerprint density at radius 1 is 1.25 bits per heavy atom. The first-order valence-corrected chi connectivity index (χ1v) is 9.17. The summed E-state index contributed by atoms with van der Waals surface area (Å²) in [6.45, 7) is 10.1. The van der Waals surface area contributed by atoms with Gasteiger partial charge in [0, 0.05) is 5.57 Å². The van der Waals surface area contributed by atoms with Gasteiger partial charge in [0.1, 0.15) is 5.60 Å². The second-order valence-corrected chi connectivity index (χ2v) is 8.26. The number of hydrogen-bond acceptors (Lipinski definition) is 4. The molecule has 0 unspecified atom stereocenters. The lowest BCUT2D eigenvalue weighted by Gasteiger charge is -2.33. The Kier molecular flexibility index (Phi) is 4.65. The highest BCUT2D eigenvalue weighted by Gasteiger charge is 2.53. The van der Waals surface area contributed by atoms with Crippen LogP contribution in [0.15, 0.2) is 23.8 Å². The van der Waals surface area contributed by atoms with Crippen molar-refractivity contribution < 1.29 is 19.4 Å². The van der Waals surface area contributed by atoms with E-state index in [1.807, 2.05) is 6.92 Å². The molecular weight excluding hydrogens is 304 g/mol. The van der Waals surface area contributed by atoms with Crippen LogP contribution in [-0.2, 0) is 14.3 Å². The molecule has 1 aliphatic carbocycles. The fourth-order valence-electron chi connectivity index (χ4n) is 4.07. The first-order valence-electron chi connectivity index (χ1n) is 9.17. The molecule has 4 heteroatoms. The van der Waals surface area contributed by atoms with Crippen molar-refractivity contribution in [3.05, 3.63) is 23.8 Å². The number of hydrogen-bond donors (Lipinski definition) is 1. The van der Waals surface area contributed by atoms with Crippen molar-refractivity contribution in [3.8, 4) is 0 Å². The Balaban J connectivity index is 1.85. The summed E-state index contributed by atoms with van der Waals surface area (Å²) in [6, 6.07) is 0. The van der Waals surface area contributed by atoms with E-state index < -0.39 is 11.7 Å². The van der Waals surface area contributed by atoms with E-state index in [0.717, 1.165) is 32.1 Å². The summed E-state index contributed by atoms with van der Waals surface area (Å²) in [7, 11) is 0. The van der Waals surface area contributed by atoms with Crippen molar-refractivity contribution in [2.45, 2.75) is 89.1 Å². The van der Waals surface area contributed by atoms with Crippen molar-refractivity contribution in [2.75, 3.05) is 0 Å². The molecule has 3 rings (SSSR count). The van der Waals surface area contributed by atoms with E-state index >= 15 is 0 Å². The topological polar surface area (TPSA) is 59.1 Å². The number of carbonyl (C=O) groups is 1. The molecule has 134 valence electrons. The van der Waals surface area contributed by atoms with Gasteiger partial charge >= 0.3 is 5.97 Å². The molecule has 4 nitrogen and oxygen atoms in total. The van der Waals surface area contributed by atoms with Gasteiger partial charge in [-0.2, -0.15) is 0 Å². The van der Waals surface area contributed by atoms with Crippen LogP contribution in [-0.4, -0.2) is 34.5 Å². The summed E-state index contributed by atoms with van der Waals surface area (Å²) >= 11 is 0. The zero-order valence-electron chi connectivity index (χ0n) is 15.1. The van der Waals surface area contributed by atoms with Gasteiger partial charge in [0.15, 0.2) is 0 Å². The van der Waals surface area contributed by atoms with Crippen molar-refractivity contribution in [2.24, 2.45) is 5.92 Å². The van der Waals surface area contributed by atoms with E-state index in [-0.39, 0.29) is 23.6 Å². The van der Waals surface area contributed by atoms with Crippen LogP contribution in [0.3, 0.4) is 0 Å². The Hall–Kier alpha value is -1.13. The molecule has 0 aromatic carbocycles. The van der Waals surface area contributed by atoms with Gasteiger partial charge in [0.05, 0.1) is 17.8 Å². The number of esters is 1. The number of ether oxygens (including phenoxy) is 2. The van der Waals surface area contributed by atoms with Crippen LogP contribution in [0.2, 0.25) is 0 Å². The van der Waals surface area contributed by atoms with Crippen LogP contribution in [0, 0.1) is 5.92 Å². The quantitative estimate of drug-likeness (QED) is 0.318. The predicted octanol–water partition coefficient (Wildman–Crippen LogP) is 3.68. The van der Waals surface area contributed by atoms with Crippen molar-refractivity contribution in [1.82, 2.24) is 0 Å². The summed E-state index contributed by atoms with van der Waals surface area (Å²) < 4.78 is 11.7. The lowest BCUT2D eigenvalue weighted by molar-refractivity contribution is -0.165. The zero-order valence-corrected chi connectivity index (χ0v) is 15.1. The van der Waals surface area contributed by atoms with Gasteiger partial charge < -0.3 is 14.6 Å². The number of aliphatic hydroxyl groups excluding tert-OH is 1. The molecule has 0 aromatic heterocycles. The second-order valence-electron chi connectivity index (χ2n) is 8.26. The van der Waals surface area contributed by atoms with Gasteiger partial charge in [-0.3, -0.25) is 0 Å². The average Bonchev–Trinajstić information content (AvgIpc) is 3.18. The van der Waals surface area contributed by atoms with E-state index in [0.29, 0.717) is 18.4 Å². The van der Waals surface area contributed by atoms with Crippen LogP contribution in [0.1, 0.15) is 65.7 Å². The van der Waals surface area contributed by atoms with Gasteiger partial charge in [-0.1, -0.05) is 18.2 Å². The Morgan fingerprint density at radius 3 is 2.75 bits per heavy atom. The van der Waals surface area contributed by atoms with E-state index in [1.165, 1.54) is 5.57 Å². The molecule has 2 heterocycles. The van der Waals surface area contributed by atoms with Crippen LogP contribution >= 0.6 is 0 Å². The molecule has 24 heavy (non-hydrogen) atoms. The SMILES string of the molecule is C=C1C(=O)O[C@]2(C)CC[C@H]1C[C@@H]1O[C@@]1(C)CC/C=C(\C)CC[C@@H]2O. The van der Waals surface area contributed by atoms with Crippen LogP contribution in [0.4, 0.5) is 0 Å². The van der Waals surface area contributed by atoms with Crippen LogP contribution in [0.5, 0.6) is 0 Å². The fourth-order valence-corrected chi connectivity index (χ4v) is 4.07. The van der Waals surface area contributed by atoms with Gasteiger partial charge in [-0.15, -0.1) is 0 Å². The molecule has 0 radical (unpaired) electrons. The minimum Gasteiger partial charge on any atom is -0.453 e. The molecule has 0 spiro atoms. The summed E-state index contributed by atoms with van der Waals surface area (Å²) in [5, 5.41) is 10.7. The number of allylic oxidation sites excluding steroid dienone is 2. The predicted molar refractivity (Wildman–Crippen MR) is 92.5 cm³/mol. The molecule has 2 saturated heterocycles. The molecular formula is C20H30O4. The van der Waals surface area contributed by atoms with E-state index in [2.05, 4.69) is 26.5 Å². The third-order valence-electron chi connectivity index (χ3n) is 6.25.